The molecule has 7 rings (SSSR count). The number of ether oxygens (including phenoxy) is 1. The van der Waals surface area contributed by atoms with E-state index in [0.717, 1.165) is 89.1 Å². The molecule has 10 atom stereocenters. The van der Waals surface area contributed by atoms with Crippen molar-refractivity contribution in [3.05, 3.63) is 58.7 Å². The molecule has 1 unspecified atom stereocenters. The second-order valence-electron chi connectivity index (χ2n) is 18.2. The smallest absolute Gasteiger partial charge is 0.220 e. The average molecular weight is 714 g/mol. The Hall–Kier alpha value is -2.48. The number of piperidine rings is 1. The third-order valence-corrected chi connectivity index (χ3v) is 14.9. The number of benzene rings is 1. The highest BCUT2D eigenvalue weighted by Gasteiger charge is 2.59. The van der Waals surface area contributed by atoms with Crippen molar-refractivity contribution < 1.29 is 19.4 Å². The molecule has 3 N–H and O–H groups in total. The van der Waals surface area contributed by atoms with Gasteiger partial charge in [-0.25, -0.2) is 0 Å². The molecule has 1 spiro atoms. The SMILES string of the molecule is CC1=C2C[C@H]3[C@@H](CC=C4C[C@@H](O)CC[C@@]43C)[C@@H]2CCC2(C1)O[C@@H]1C[C@H](C)CN(CCNC(=O)CCCCCNC(=O)CCc3ccccc3)[C@H]1[C@H]2C. The lowest BCUT2D eigenvalue weighted by atomic mass is 9.56. The summed E-state index contributed by atoms with van der Waals surface area (Å²) in [6.45, 7) is 13.1. The fourth-order valence-corrected chi connectivity index (χ4v) is 12.1. The second kappa shape index (κ2) is 16.1. The normalized spacial score (nSPS) is 37.1. The summed E-state index contributed by atoms with van der Waals surface area (Å²) in [5.74, 6) is 3.42. The highest BCUT2D eigenvalue weighted by Crippen LogP contribution is 2.64. The Morgan fingerprint density at radius 3 is 2.60 bits per heavy atom. The highest BCUT2D eigenvalue weighted by molar-refractivity contribution is 5.76. The van der Waals surface area contributed by atoms with Crippen LogP contribution in [-0.4, -0.2) is 71.9 Å². The van der Waals surface area contributed by atoms with E-state index < -0.39 is 0 Å². The maximum atomic E-state index is 12.8. The summed E-state index contributed by atoms with van der Waals surface area (Å²) in [5.41, 5.74) is 6.28. The van der Waals surface area contributed by atoms with E-state index >= 15 is 0 Å². The molecule has 2 saturated heterocycles. The molecule has 6 aliphatic rings. The van der Waals surface area contributed by atoms with E-state index in [1.165, 1.54) is 24.8 Å². The molecule has 0 radical (unpaired) electrons. The van der Waals surface area contributed by atoms with E-state index in [1.54, 1.807) is 16.7 Å². The number of hydrogen-bond acceptors (Lipinski definition) is 5. The van der Waals surface area contributed by atoms with Gasteiger partial charge in [-0.05, 0) is 119 Å². The number of carbonyl (C=O) groups is 2. The summed E-state index contributed by atoms with van der Waals surface area (Å²) >= 11 is 0. The molecule has 1 aromatic rings. The van der Waals surface area contributed by atoms with Crippen molar-refractivity contribution in [1.29, 1.82) is 0 Å². The van der Waals surface area contributed by atoms with Crippen LogP contribution >= 0.6 is 0 Å². The first kappa shape index (κ1) is 37.8. The minimum atomic E-state index is -0.148. The first-order valence-electron chi connectivity index (χ1n) is 21.1. The van der Waals surface area contributed by atoms with Gasteiger partial charge in [0.1, 0.15) is 0 Å². The van der Waals surface area contributed by atoms with Gasteiger partial charge in [-0.3, -0.25) is 14.5 Å². The van der Waals surface area contributed by atoms with Crippen molar-refractivity contribution in [3.8, 4) is 0 Å². The number of aliphatic hydroxyl groups excluding tert-OH is 1. The number of likely N-dealkylation sites (tertiary alicyclic amines) is 1. The number of carbonyl (C=O) groups excluding carboxylic acids is 2. The van der Waals surface area contributed by atoms with Crippen LogP contribution in [0.1, 0.15) is 123 Å². The molecule has 4 fully saturated rings. The standard InChI is InChI=1S/C45H67N3O4/c1-30-25-40-43(48(29-30)24-23-47-41(50)13-9-6-10-22-46-42(51)17-14-33-11-7-5-8-12-33)32(3)45(52-40)21-19-36-37-16-15-34-26-35(49)18-20-44(34,4)39(37)27-38(36)31(2)28-45/h5,7-8,11-12,15,30,32,35-37,39-40,43,49H,6,9-10,13-14,16-29H2,1-4H3,(H,46,51)(H,47,50)/t30-,32+,35-,36-,37-,39-,40+,43-,44-,45?/m0/s1. The zero-order chi connectivity index (χ0) is 36.5. The molecule has 2 heterocycles. The molecule has 52 heavy (non-hydrogen) atoms. The van der Waals surface area contributed by atoms with Crippen LogP contribution in [0.4, 0.5) is 0 Å². The van der Waals surface area contributed by atoms with Crippen molar-refractivity contribution in [3.63, 3.8) is 0 Å². The van der Waals surface area contributed by atoms with E-state index in [0.29, 0.717) is 49.7 Å². The Balaban J connectivity index is 0.866. The second-order valence-corrected chi connectivity index (χ2v) is 18.2. The fraction of sp³-hybridized carbons (Fsp3) is 0.733. The number of fused-ring (bicyclic) bond motifs is 6. The Labute approximate surface area is 313 Å². The van der Waals surface area contributed by atoms with E-state index in [1.807, 2.05) is 18.2 Å². The Morgan fingerprint density at radius 2 is 1.77 bits per heavy atom. The van der Waals surface area contributed by atoms with Gasteiger partial charge in [0.25, 0.3) is 0 Å². The lowest BCUT2D eigenvalue weighted by Gasteiger charge is -2.49. The van der Waals surface area contributed by atoms with Crippen LogP contribution in [0.2, 0.25) is 0 Å². The summed E-state index contributed by atoms with van der Waals surface area (Å²) < 4.78 is 7.31. The van der Waals surface area contributed by atoms with E-state index in [2.05, 4.69) is 61.4 Å². The first-order chi connectivity index (χ1) is 25.1. The van der Waals surface area contributed by atoms with Gasteiger partial charge in [0.2, 0.25) is 11.8 Å². The van der Waals surface area contributed by atoms with Crippen LogP contribution in [0.25, 0.3) is 0 Å². The number of rotatable bonds is 12. The molecule has 0 aromatic heterocycles. The molecule has 2 saturated carbocycles. The van der Waals surface area contributed by atoms with Crippen LogP contribution < -0.4 is 10.6 Å². The third kappa shape index (κ3) is 7.84. The summed E-state index contributed by atoms with van der Waals surface area (Å²) in [4.78, 5) is 27.6. The summed E-state index contributed by atoms with van der Waals surface area (Å²) in [6, 6.07) is 10.5. The molecule has 1 aromatic carbocycles. The molecular formula is C45H67N3O4. The van der Waals surface area contributed by atoms with E-state index in [4.69, 9.17) is 4.74 Å². The molecule has 2 aliphatic heterocycles. The molecular weight excluding hydrogens is 647 g/mol. The van der Waals surface area contributed by atoms with Gasteiger partial charge >= 0.3 is 0 Å². The zero-order valence-corrected chi connectivity index (χ0v) is 32.6. The molecule has 2 amide bonds. The van der Waals surface area contributed by atoms with Crippen LogP contribution in [0, 0.1) is 35.0 Å². The number of aliphatic hydroxyl groups is 1. The molecule has 7 nitrogen and oxygen atoms in total. The van der Waals surface area contributed by atoms with Crippen molar-refractivity contribution in [2.75, 3.05) is 26.2 Å². The van der Waals surface area contributed by atoms with Crippen molar-refractivity contribution in [1.82, 2.24) is 15.5 Å². The van der Waals surface area contributed by atoms with Crippen LogP contribution in [0.5, 0.6) is 0 Å². The van der Waals surface area contributed by atoms with Crippen molar-refractivity contribution in [2.24, 2.45) is 35.0 Å². The predicted octanol–water partition coefficient (Wildman–Crippen LogP) is 7.53. The first-order valence-corrected chi connectivity index (χ1v) is 21.1. The third-order valence-electron chi connectivity index (χ3n) is 14.9. The summed E-state index contributed by atoms with van der Waals surface area (Å²) in [6.07, 6.45) is 17.2. The zero-order valence-electron chi connectivity index (χ0n) is 32.6. The minimum absolute atomic E-state index is 0.0896. The lowest BCUT2D eigenvalue weighted by molar-refractivity contribution is -0.122. The van der Waals surface area contributed by atoms with Gasteiger partial charge in [0.05, 0.1) is 17.8 Å². The van der Waals surface area contributed by atoms with Gasteiger partial charge in [0.15, 0.2) is 0 Å². The minimum Gasteiger partial charge on any atom is -0.393 e. The van der Waals surface area contributed by atoms with Gasteiger partial charge in [-0.1, -0.05) is 80.3 Å². The molecule has 286 valence electrons. The maximum absolute atomic E-state index is 12.8. The topological polar surface area (TPSA) is 90.9 Å². The maximum Gasteiger partial charge on any atom is 0.220 e. The van der Waals surface area contributed by atoms with Crippen LogP contribution in [0.3, 0.4) is 0 Å². The number of aryl methyl sites for hydroxylation is 1. The van der Waals surface area contributed by atoms with Crippen LogP contribution in [-0.2, 0) is 20.7 Å². The van der Waals surface area contributed by atoms with Gasteiger partial charge in [-0.15, -0.1) is 0 Å². The van der Waals surface area contributed by atoms with Crippen molar-refractivity contribution >= 4 is 11.8 Å². The number of unbranched alkanes of at least 4 members (excludes halogenated alkanes) is 2. The lowest BCUT2D eigenvalue weighted by Crippen LogP contribution is -2.53. The highest BCUT2D eigenvalue weighted by atomic mass is 16.5. The summed E-state index contributed by atoms with van der Waals surface area (Å²) in [5, 5.41) is 16.7. The largest absolute Gasteiger partial charge is 0.393 e. The molecule has 7 heteroatoms. The van der Waals surface area contributed by atoms with Crippen LogP contribution in [0.15, 0.2) is 53.1 Å². The van der Waals surface area contributed by atoms with E-state index in [9.17, 15) is 14.7 Å². The predicted molar refractivity (Wildman–Crippen MR) is 207 cm³/mol. The number of hydrogen-bond donors (Lipinski definition) is 3. The Kier molecular flexibility index (Phi) is 11.7. The Bertz CT molecular complexity index is 1490. The molecule has 0 bridgehead atoms. The van der Waals surface area contributed by atoms with Crippen molar-refractivity contribution in [2.45, 2.75) is 148 Å². The average Bonchev–Trinajstić information content (AvgIpc) is 3.59. The Morgan fingerprint density at radius 1 is 0.981 bits per heavy atom. The van der Waals surface area contributed by atoms with Gasteiger partial charge in [-0.2, -0.15) is 0 Å². The number of nitrogens with one attached hydrogen (secondary N) is 2. The monoisotopic (exact) mass is 714 g/mol. The van der Waals surface area contributed by atoms with Gasteiger partial charge in [0, 0.05) is 51.0 Å². The van der Waals surface area contributed by atoms with E-state index in [-0.39, 0.29) is 35.0 Å². The number of nitrogens with zero attached hydrogens (tertiary/aromatic N) is 1. The number of allylic oxidation sites excluding steroid dienone is 2. The summed E-state index contributed by atoms with van der Waals surface area (Å²) in [7, 11) is 0. The number of amides is 2. The quantitative estimate of drug-likeness (QED) is 0.154. The fourth-order valence-electron chi connectivity index (χ4n) is 12.1. The molecule has 4 aliphatic carbocycles. The van der Waals surface area contributed by atoms with Gasteiger partial charge < -0.3 is 20.5 Å².